The minimum atomic E-state index is 0.498. The molecule has 2 N–H and O–H groups in total. The molecule has 3 rings (SSSR count). The van der Waals surface area contributed by atoms with Gasteiger partial charge in [0.25, 0.3) is 0 Å². The van der Waals surface area contributed by atoms with Crippen LogP contribution in [0, 0.1) is 0 Å². The Bertz CT molecular complexity index is 687. The highest BCUT2D eigenvalue weighted by molar-refractivity contribution is 5.81. The van der Waals surface area contributed by atoms with Crippen molar-refractivity contribution in [2.45, 2.75) is 6.61 Å². The second-order valence-electron chi connectivity index (χ2n) is 4.35. The first kappa shape index (κ1) is 11.5. The van der Waals surface area contributed by atoms with Crippen LogP contribution in [0.4, 0.5) is 5.69 Å². The molecular formula is C16H14N2O. The van der Waals surface area contributed by atoms with Crippen LogP contribution in [0.2, 0.25) is 0 Å². The second-order valence-corrected chi connectivity index (χ2v) is 4.35. The van der Waals surface area contributed by atoms with Crippen LogP contribution < -0.4 is 10.5 Å². The number of nitrogens with zero attached hydrogens (tertiary/aromatic N) is 1. The van der Waals surface area contributed by atoms with E-state index in [1.54, 1.807) is 6.20 Å². The molecule has 0 spiro atoms. The van der Waals surface area contributed by atoms with Crippen LogP contribution in [0.3, 0.4) is 0 Å². The third-order valence-corrected chi connectivity index (χ3v) is 2.99. The molecule has 0 aliphatic carbocycles. The number of benzene rings is 2. The van der Waals surface area contributed by atoms with Crippen molar-refractivity contribution < 1.29 is 4.74 Å². The van der Waals surface area contributed by atoms with E-state index in [-0.39, 0.29) is 0 Å². The quantitative estimate of drug-likeness (QED) is 0.725. The summed E-state index contributed by atoms with van der Waals surface area (Å²) in [6.45, 7) is 0.498. The number of hydrogen-bond donors (Lipinski definition) is 1. The zero-order valence-corrected chi connectivity index (χ0v) is 10.4. The van der Waals surface area contributed by atoms with Crippen molar-refractivity contribution in [3.63, 3.8) is 0 Å². The number of hydrogen-bond acceptors (Lipinski definition) is 3. The van der Waals surface area contributed by atoms with Crippen LogP contribution in [0.1, 0.15) is 5.56 Å². The molecule has 0 amide bonds. The molecule has 0 aliphatic heterocycles. The van der Waals surface area contributed by atoms with Crippen molar-refractivity contribution >= 4 is 16.6 Å². The summed E-state index contributed by atoms with van der Waals surface area (Å²) in [7, 11) is 0. The Hall–Kier alpha value is -2.55. The summed E-state index contributed by atoms with van der Waals surface area (Å²) >= 11 is 0. The number of fused-ring (bicyclic) bond motifs is 1. The average Bonchev–Trinajstić information content (AvgIpc) is 2.47. The SMILES string of the molecule is Nc1ccc(OCc2cccc3cccnc23)cc1. The predicted molar refractivity (Wildman–Crippen MR) is 76.9 cm³/mol. The second kappa shape index (κ2) is 4.98. The van der Waals surface area contributed by atoms with E-state index in [2.05, 4.69) is 17.1 Å². The summed E-state index contributed by atoms with van der Waals surface area (Å²) in [6.07, 6.45) is 1.80. The highest BCUT2D eigenvalue weighted by Gasteiger charge is 2.02. The highest BCUT2D eigenvalue weighted by atomic mass is 16.5. The van der Waals surface area contributed by atoms with E-state index in [1.165, 1.54) is 0 Å². The first-order valence-corrected chi connectivity index (χ1v) is 6.14. The lowest BCUT2D eigenvalue weighted by Gasteiger charge is -2.08. The van der Waals surface area contributed by atoms with Gasteiger partial charge in [0, 0.05) is 22.8 Å². The molecule has 0 unspecified atom stereocenters. The van der Waals surface area contributed by atoms with Crippen LogP contribution in [-0.4, -0.2) is 4.98 Å². The van der Waals surface area contributed by atoms with Gasteiger partial charge in [-0.3, -0.25) is 4.98 Å². The maximum absolute atomic E-state index is 5.76. The molecular weight excluding hydrogens is 236 g/mol. The van der Waals surface area contributed by atoms with E-state index >= 15 is 0 Å². The number of pyridine rings is 1. The standard InChI is InChI=1S/C16H14N2O/c17-14-6-8-15(9-7-14)19-11-13-4-1-3-12-5-2-10-18-16(12)13/h1-10H,11,17H2. The van der Waals surface area contributed by atoms with Gasteiger partial charge in [0.2, 0.25) is 0 Å². The summed E-state index contributed by atoms with van der Waals surface area (Å²) in [5.41, 5.74) is 8.44. The molecule has 2 aromatic carbocycles. The van der Waals surface area contributed by atoms with E-state index < -0.39 is 0 Å². The lowest BCUT2D eigenvalue weighted by molar-refractivity contribution is 0.307. The first-order valence-electron chi connectivity index (χ1n) is 6.14. The number of rotatable bonds is 3. The third kappa shape index (κ3) is 2.50. The Balaban J connectivity index is 1.84. The van der Waals surface area contributed by atoms with Crippen LogP contribution in [0.5, 0.6) is 5.75 Å². The largest absolute Gasteiger partial charge is 0.489 e. The average molecular weight is 250 g/mol. The van der Waals surface area contributed by atoms with Crippen LogP contribution in [0.15, 0.2) is 60.8 Å². The molecule has 0 atom stereocenters. The van der Waals surface area contributed by atoms with Crippen molar-refractivity contribution in [2.75, 3.05) is 5.73 Å². The topological polar surface area (TPSA) is 48.1 Å². The van der Waals surface area contributed by atoms with E-state index in [4.69, 9.17) is 10.5 Å². The van der Waals surface area contributed by atoms with Gasteiger partial charge in [0.1, 0.15) is 12.4 Å². The number of para-hydroxylation sites is 1. The van der Waals surface area contributed by atoms with Crippen molar-refractivity contribution in [3.8, 4) is 5.75 Å². The molecule has 3 nitrogen and oxygen atoms in total. The minimum Gasteiger partial charge on any atom is -0.489 e. The number of anilines is 1. The number of ether oxygens (including phenoxy) is 1. The van der Waals surface area contributed by atoms with E-state index in [9.17, 15) is 0 Å². The molecule has 0 saturated carbocycles. The fraction of sp³-hybridized carbons (Fsp3) is 0.0625. The summed E-state index contributed by atoms with van der Waals surface area (Å²) in [5, 5.41) is 1.13. The Morgan fingerprint density at radius 3 is 2.58 bits per heavy atom. The Labute approximate surface area is 111 Å². The first-order chi connectivity index (χ1) is 9.33. The zero-order chi connectivity index (χ0) is 13.1. The molecule has 0 bridgehead atoms. The predicted octanol–water partition coefficient (Wildman–Crippen LogP) is 3.40. The van der Waals surface area contributed by atoms with Crippen LogP contribution in [0.25, 0.3) is 10.9 Å². The maximum Gasteiger partial charge on any atom is 0.119 e. The maximum atomic E-state index is 5.76. The van der Waals surface area contributed by atoms with Gasteiger partial charge in [-0.1, -0.05) is 24.3 Å². The zero-order valence-electron chi connectivity index (χ0n) is 10.4. The molecule has 0 saturated heterocycles. The van der Waals surface area contributed by atoms with Gasteiger partial charge in [-0.15, -0.1) is 0 Å². The van der Waals surface area contributed by atoms with Gasteiger partial charge in [0.15, 0.2) is 0 Å². The Kier molecular flexibility index (Phi) is 3.02. The summed E-state index contributed by atoms with van der Waals surface area (Å²) in [6, 6.07) is 17.5. The molecule has 3 heteroatoms. The van der Waals surface area contributed by atoms with E-state index in [0.29, 0.717) is 6.61 Å². The van der Waals surface area contributed by atoms with Gasteiger partial charge < -0.3 is 10.5 Å². The molecule has 19 heavy (non-hydrogen) atoms. The summed E-state index contributed by atoms with van der Waals surface area (Å²) < 4.78 is 5.76. The van der Waals surface area contributed by atoms with Gasteiger partial charge in [0.05, 0.1) is 5.52 Å². The monoisotopic (exact) mass is 250 g/mol. The molecule has 94 valence electrons. The number of aromatic nitrogens is 1. The van der Waals surface area contributed by atoms with Gasteiger partial charge in [-0.05, 0) is 30.3 Å². The fourth-order valence-electron chi connectivity index (χ4n) is 2.01. The lowest BCUT2D eigenvalue weighted by Crippen LogP contribution is -1.97. The van der Waals surface area contributed by atoms with E-state index in [1.807, 2.05) is 42.5 Å². The van der Waals surface area contributed by atoms with Crippen molar-refractivity contribution in [2.24, 2.45) is 0 Å². The fourth-order valence-corrected chi connectivity index (χ4v) is 2.01. The van der Waals surface area contributed by atoms with Crippen LogP contribution in [-0.2, 0) is 6.61 Å². The van der Waals surface area contributed by atoms with Gasteiger partial charge in [-0.25, -0.2) is 0 Å². The number of nitrogen functional groups attached to an aromatic ring is 1. The summed E-state index contributed by atoms with van der Waals surface area (Å²) in [5.74, 6) is 0.808. The molecule has 1 aromatic heterocycles. The normalized spacial score (nSPS) is 10.5. The van der Waals surface area contributed by atoms with Crippen LogP contribution >= 0.6 is 0 Å². The van der Waals surface area contributed by atoms with Gasteiger partial charge in [-0.2, -0.15) is 0 Å². The third-order valence-electron chi connectivity index (χ3n) is 2.99. The van der Waals surface area contributed by atoms with Crippen molar-refractivity contribution in [1.29, 1.82) is 0 Å². The Morgan fingerprint density at radius 2 is 1.74 bits per heavy atom. The number of nitrogens with two attached hydrogens (primary N) is 1. The van der Waals surface area contributed by atoms with Crippen molar-refractivity contribution in [1.82, 2.24) is 4.98 Å². The lowest BCUT2D eigenvalue weighted by atomic mass is 10.1. The summed E-state index contributed by atoms with van der Waals surface area (Å²) in [4.78, 5) is 4.41. The van der Waals surface area contributed by atoms with Gasteiger partial charge >= 0.3 is 0 Å². The smallest absolute Gasteiger partial charge is 0.119 e. The molecule has 0 aliphatic rings. The molecule has 0 radical (unpaired) electrons. The molecule has 0 fully saturated rings. The highest BCUT2D eigenvalue weighted by Crippen LogP contribution is 2.19. The minimum absolute atomic E-state index is 0.498. The molecule has 3 aromatic rings. The molecule has 1 heterocycles. The van der Waals surface area contributed by atoms with Crippen molar-refractivity contribution in [3.05, 3.63) is 66.4 Å². The van der Waals surface area contributed by atoms with E-state index in [0.717, 1.165) is 27.9 Å². The Morgan fingerprint density at radius 1 is 0.947 bits per heavy atom.